The topological polar surface area (TPSA) is 71.3 Å². The molecule has 0 radical (unpaired) electrons. The minimum atomic E-state index is -0.443. The second-order valence-electron chi connectivity index (χ2n) is 6.45. The Bertz CT molecular complexity index is 997. The molecule has 0 spiro atoms. The largest absolute Gasteiger partial charge is 0.335 e. The molecular weight excluding hydrogens is 361 g/mol. The molecule has 142 valence electrons. The van der Waals surface area contributed by atoms with Gasteiger partial charge in [0.25, 0.3) is 11.8 Å². The fraction of sp³-hybridized carbons (Fsp3) is 0.200. The van der Waals surface area contributed by atoms with Crippen molar-refractivity contribution in [2.45, 2.75) is 0 Å². The SMILES string of the molecule is O=C(c1cccc(F)c1)N1CCN(C(=O)c2cnn(-c3ccccc3)n2)CC1. The van der Waals surface area contributed by atoms with Crippen molar-refractivity contribution >= 4 is 11.8 Å². The quantitative estimate of drug-likeness (QED) is 0.698. The molecule has 2 aromatic carbocycles. The number of piperazine rings is 1. The van der Waals surface area contributed by atoms with Gasteiger partial charge >= 0.3 is 0 Å². The van der Waals surface area contributed by atoms with Crippen LogP contribution in [-0.4, -0.2) is 62.8 Å². The summed E-state index contributed by atoms with van der Waals surface area (Å²) in [5.74, 6) is -0.900. The molecule has 0 bridgehead atoms. The van der Waals surface area contributed by atoms with Crippen LogP contribution in [-0.2, 0) is 0 Å². The van der Waals surface area contributed by atoms with Crippen molar-refractivity contribution in [3.63, 3.8) is 0 Å². The van der Waals surface area contributed by atoms with E-state index in [9.17, 15) is 14.0 Å². The number of carbonyl (C=O) groups excluding carboxylic acids is 2. The van der Waals surface area contributed by atoms with Gasteiger partial charge in [0, 0.05) is 31.7 Å². The average molecular weight is 379 g/mol. The van der Waals surface area contributed by atoms with Gasteiger partial charge in [0.1, 0.15) is 5.82 Å². The molecule has 1 aliphatic rings. The molecule has 0 N–H and O–H groups in total. The van der Waals surface area contributed by atoms with Crippen molar-refractivity contribution in [1.82, 2.24) is 24.8 Å². The van der Waals surface area contributed by atoms with Crippen molar-refractivity contribution in [1.29, 1.82) is 0 Å². The summed E-state index contributed by atoms with van der Waals surface area (Å²) in [7, 11) is 0. The first-order chi connectivity index (χ1) is 13.6. The van der Waals surface area contributed by atoms with Gasteiger partial charge < -0.3 is 9.80 Å². The van der Waals surface area contributed by atoms with E-state index in [2.05, 4.69) is 10.2 Å². The van der Waals surface area contributed by atoms with Gasteiger partial charge in [-0.05, 0) is 30.3 Å². The summed E-state index contributed by atoms with van der Waals surface area (Å²) in [4.78, 5) is 29.9. The second kappa shape index (κ2) is 7.59. The molecule has 1 aliphatic heterocycles. The number of amides is 2. The number of rotatable bonds is 3. The minimum absolute atomic E-state index is 0.222. The van der Waals surface area contributed by atoms with E-state index in [0.29, 0.717) is 31.7 Å². The third kappa shape index (κ3) is 3.62. The number of hydrogen-bond acceptors (Lipinski definition) is 4. The number of nitrogens with zero attached hydrogens (tertiary/aromatic N) is 5. The summed E-state index contributed by atoms with van der Waals surface area (Å²) in [5, 5.41) is 8.41. The zero-order valence-corrected chi connectivity index (χ0v) is 15.0. The maximum Gasteiger partial charge on any atom is 0.276 e. The molecule has 3 aromatic rings. The number of para-hydroxylation sites is 1. The van der Waals surface area contributed by atoms with Crippen LogP contribution in [0.4, 0.5) is 4.39 Å². The van der Waals surface area contributed by atoms with Crippen molar-refractivity contribution in [2.24, 2.45) is 0 Å². The maximum atomic E-state index is 13.3. The highest BCUT2D eigenvalue weighted by Gasteiger charge is 2.27. The van der Waals surface area contributed by atoms with Crippen LogP contribution in [0.3, 0.4) is 0 Å². The second-order valence-corrected chi connectivity index (χ2v) is 6.45. The third-order valence-corrected chi connectivity index (χ3v) is 4.62. The van der Waals surface area contributed by atoms with Gasteiger partial charge in [-0.2, -0.15) is 9.90 Å². The zero-order valence-electron chi connectivity index (χ0n) is 15.0. The van der Waals surface area contributed by atoms with E-state index in [0.717, 1.165) is 5.69 Å². The molecule has 1 aromatic heterocycles. The van der Waals surface area contributed by atoms with E-state index in [1.165, 1.54) is 29.2 Å². The lowest BCUT2D eigenvalue weighted by Crippen LogP contribution is -2.50. The first-order valence-corrected chi connectivity index (χ1v) is 8.94. The molecule has 8 heteroatoms. The first kappa shape index (κ1) is 17.8. The highest BCUT2D eigenvalue weighted by Crippen LogP contribution is 2.12. The smallest absolute Gasteiger partial charge is 0.276 e. The van der Waals surface area contributed by atoms with Crippen molar-refractivity contribution in [3.05, 3.63) is 77.9 Å². The van der Waals surface area contributed by atoms with Crippen LogP contribution in [0.15, 0.2) is 60.8 Å². The molecule has 2 heterocycles. The van der Waals surface area contributed by atoms with Crippen LogP contribution < -0.4 is 0 Å². The molecule has 4 rings (SSSR count). The first-order valence-electron chi connectivity index (χ1n) is 8.94. The fourth-order valence-electron chi connectivity index (χ4n) is 3.13. The Balaban J connectivity index is 1.39. The van der Waals surface area contributed by atoms with E-state index < -0.39 is 5.82 Å². The van der Waals surface area contributed by atoms with E-state index in [1.54, 1.807) is 15.9 Å². The van der Waals surface area contributed by atoms with Gasteiger partial charge in [0.2, 0.25) is 0 Å². The summed E-state index contributed by atoms with van der Waals surface area (Å²) in [6.45, 7) is 1.54. The van der Waals surface area contributed by atoms with Crippen LogP contribution in [0.2, 0.25) is 0 Å². The number of carbonyl (C=O) groups is 2. The Hall–Kier alpha value is -3.55. The summed E-state index contributed by atoms with van der Waals surface area (Å²) >= 11 is 0. The Morgan fingerprint density at radius 3 is 2.21 bits per heavy atom. The summed E-state index contributed by atoms with van der Waals surface area (Å²) < 4.78 is 13.3. The van der Waals surface area contributed by atoms with Gasteiger partial charge in [0.05, 0.1) is 11.9 Å². The van der Waals surface area contributed by atoms with Crippen LogP contribution in [0.1, 0.15) is 20.8 Å². The average Bonchev–Trinajstić information content (AvgIpc) is 3.24. The van der Waals surface area contributed by atoms with Crippen LogP contribution >= 0.6 is 0 Å². The van der Waals surface area contributed by atoms with E-state index >= 15 is 0 Å². The van der Waals surface area contributed by atoms with E-state index in [1.807, 2.05) is 30.3 Å². The van der Waals surface area contributed by atoms with Crippen LogP contribution in [0.25, 0.3) is 5.69 Å². The number of aromatic nitrogens is 3. The van der Waals surface area contributed by atoms with Gasteiger partial charge in [-0.1, -0.05) is 24.3 Å². The summed E-state index contributed by atoms with van der Waals surface area (Å²) in [6.07, 6.45) is 1.44. The van der Waals surface area contributed by atoms with Gasteiger partial charge in [-0.15, -0.1) is 5.10 Å². The molecule has 1 saturated heterocycles. The van der Waals surface area contributed by atoms with E-state index in [4.69, 9.17) is 0 Å². The Labute approximate surface area is 161 Å². The molecule has 0 unspecified atom stereocenters. The predicted molar refractivity (Wildman–Crippen MR) is 99.6 cm³/mol. The Morgan fingerprint density at radius 2 is 1.54 bits per heavy atom. The Morgan fingerprint density at radius 1 is 0.857 bits per heavy atom. The lowest BCUT2D eigenvalue weighted by molar-refractivity contribution is 0.0532. The lowest BCUT2D eigenvalue weighted by atomic mass is 10.1. The molecule has 28 heavy (non-hydrogen) atoms. The van der Waals surface area contributed by atoms with Crippen molar-refractivity contribution < 1.29 is 14.0 Å². The highest BCUT2D eigenvalue weighted by atomic mass is 19.1. The van der Waals surface area contributed by atoms with E-state index in [-0.39, 0.29) is 17.5 Å². The Kier molecular flexibility index (Phi) is 4.84. The molecule has 0 aliphatic carbocycles. The summed E-state index contributed by atoms with van der Waals surface area (Å²) in [5.41, 5.74) is 1.34. The minimum Gasteiger partial charge on any atom is -0.335 e. The predicted octanol–water partition coefficient (Wildman–Crippen LogP) is 2.00. The van der Waals surface area contributed by atoms with Gasteiger partial charge in [-0.25, -0.2) is 4.39 Å². The van der Waals surface area contributed by atoms with Crippen LogP contribution in [0, 0.1) is 5.82 Å². The van der Waals surface area contributed by atoms with Crippen LogP contribution in [0.5, 0.6) is 0 Å². The fourth-order valence-corrected chi connectivity index (χ4v) is 3.13. The van der Waals surface area contributed by atoms with Gasteiger partial charge in [0.15, 0.2) is 5.69 Å². The maximum absolute atomic E-state index is 13.3. The van der Waals surface area contributed by atoms with Gasteiger partial charge in [-0.3, -0.25) is 9.59 Å². The molecule has 1 fully saturated rings. The lowest BCUT2D eigenvalue weighted by Gasteiger charge is -2.34. The van der Waals surface area contributed by atoms with Crippen molar-refractivity contribution in [2.75, 3.05) is 26.2 Å². The number of halogens is 1. The number of hydrogen-bond donors (Lipinski definition) is 0. The third-order valence-electron chi connectivity index (χ3n) is 4.62. The summed E-state index contributed by atoms with van der Waals surface area (Å²) in [6, 6.07) is 15.0. The molecule has 2 amide bonds. The van der Waals surface area contributed by atoms with Crippen molar-refractivity contribution in [3.8, 4) is 5.69 Å². The zero-order chi connectivity index (χ0) is 19.5. The monoisotopic (exact) mass is 379 g/mol. The molecule has 0 saturated carbocycles. The molecule has 0 atom stereocenters. The normalized spacial score (nSPS) is 14.2. The molecule has 7 nitrogen and oxygen atoms in total. The highest BCUT2D eigenvalue weighted by molar-refractivity contribution is 5.95. The molecular formula is C20H18FN5O2. The number of benzene rings is 2. The standard InChI is InChI=1S/C20H18FN5O2/c21-16-6-4-5-15(13-16)19(27)24-9-11-25(12-10-24)20(28)18-14-22-26(23-18)17-7-2-1-3-8-17/h1-8,13-14H,9-12H2.